The van der Waals surface area contributed by atoms with Crippen molar-refractivity contribution in [2.24, 2.45) is 0 Å². The second kappa shape index (κ2) is 9.15. The second-order valence-corrected chi connectivity index (χ2v) is 9.26. The summed E-state index contributed by atoms with van der Waals surface area (Å²) in [5.74, 6) is -0.317. The van der Waals surface area contributed by atoms with E-state index < -0.39 is 0 Å². The van der Waals surface area contributed by atoms with Crippen molar-refractivity contribution in [3.05, 3.63) is 33.8 Å². The maximum atomic E-state index is 12.6. The predicted molar refractivity (Wildman–Crippen MR) is 118 cm³/mol. The lowest BCUT2D eigenvalue weighted by molar-refractivity contribution is -0.0419. The third-order valence-corrected chi connectivity index (χ3v) is 7.32. The fourth-order valence-corrected chi connectivity index (χ4v) is 5.31. The number of oxazole rings is 1. The molecule has 0 radical (unpaired) electrons. The number of piperidine rings is 1. The molecule has 4 rings (SSSR count). The topological polar surface area (TPSA) is 80.6 Å². The molecular weight excluding hydrogens is 394 g/mol. The predicted octanol–water partition coefficient (Wildman–Crippen LogP) is 3.78. The standard InChI is InChI=1S/C24H33N3O4/c1-17-14-21-22(15-18(17)16-25)31-23(28)27(21)19-6-10-26(11-7-19)24(2)8-4-20(5-9-24)30-13-12-29-3/h14-15,19-20H,4-13H2,1-3H3. The van der Waals surface area contributed by atoms with E-state index in [1.807, 2.05) is 17.6 Å². The first-order valence-corrected chi connectivity index (χ1v) is 11.4. The Morgan fingerprint density at radius 2 is 1.90 bits per heavy atom. The van der Waals surface area contributed by atoms with Crippen LogP contribution in [0.1, 0.15) is 62.6 Å². The molecule has 2 heterocycles. The van der Waals surface area contributed by atoms with Gasteiger partial charge in [0.15, 0.2) is 5.58 Å². The van der Waals surface area contributed by atoms with Crippen molar-refractivity contribution in [2.75, 3.05) is 33.4 Å². The molecule has 0 unspecified atom stereocenters. The van der Waals surface area contributed by atoms with E-state index in [9.17, 15) is 10.1 Å². The molecule has 7 heteroatoms. The lowest BCUT2D eigenvalue weighted by Crippen LogP contribution is -2.53. The maximum Gasteiger partial charge on any atom is 0.420 e. The Balaban J connectivity index is 1.40. The van der Waals surface area contributed by atoms with Crippen LogP contribution in [-0.4, -0.2) is 54.5 Å². The van der Waals surface area contributed by atoms with E-state index in [1.54, 1.807) is 13.2 Å². The van der Waals surface area contributed by atoms with Crippen LogP contribution in [0.2, 0.25) is 0 Å². The van der Waals surface area contributed by atoms with Crippen molar-refractivity contribution in [1.29, 1.82) is 5.26 Å². The molecule has 0 N–H and O–H groups in total. The molecule has 0 spiro atoms. The van der Waals surface area contributed by atoms with E-state index in [0.29, 0.717) is 30.5 Å². The zero-order valence-electron chi connectivity index (χ0n) is 18.9. The second-order valence-electron chi connectivity index (χ2n) is 9.26. The summed E-state index contributed by atoms with van der Waals surface area (Å²) >= 11 is 0. The molecule has 0 bridgehead atoms. The number of rotatable bonds is 6. The van der Waals surface area contributed by atoms with E-state index in [1.165, 1.54) is 0 Å². The van der Waals surface area contributed by atoms with Crippen LogP contribution in [0.3, 0.4) is 0 Å². The lowest BCUT2D eigenvalue weighted by atomic mass is 9.79. The van der Waals surface area contributed by atoms with Gasteiger partial charge in [-0.3, -0.25) is 9.47 Å². The molecule has 1 saturated carbocycles. The van der Waals surface area contributed by atoms with Crippen LogP contribution in [-0.2, 0) is 9.47 Å². The summed E-state index contributed by atoms with van der Waals surface area (Å²) in [5, 5.41) is 9.25. The van der Waals surface area contributed by atoms with Crippen LogP contribution < -0.4 is 5.76 Å². The number of hydrogen-bond acceptors (Lipinski definition) is 6. The summed E-state index contributed by atoms with van der Waals surface area (Å²) in [6, 6.07) is 5.90. The largest absolute Gasteiger partial charge is 0.420 e. The summed E-state index contributed by atoms with van der Waals surface area (Å²) in [6.07, 6.45) is 6.66. The van der Waals surface area contributed by atoms with Crippen molar-refractivity contribution < 1.29 is 13.9 Å². The lowest BCUT2D eigenvalue weighted by Gasteiger charge is -2.48. The van der Waals surface area contributed by atoms with Gasteiger partial charge in [0.1, 0.15) is 0 Å². The molecule has 31 heavy (non-hydrogen) atoms. The highest BCUT2D eigenvalue weighted by Crippen LogP contribution is 2.38. The first-order chi connectivity index (χ1) is 14.9. The molecule has 1 aliphatic heterocycles. The van der Waals surface area contributed by atoms with E-state index in [-0.39, 0.29) is 17.3 Å². The van der Waals surface area contributed by atoms with Crippen LogP contribution in [0, 0.1) is 18.3 Å². The normalized spacial score (nSPS) is 25.7. The molecule has 1 saturated heterocycles. The van der Waals surface area contributed by atoms with Gasteiger partial charge in [0.05, 0.1) is 36.5 Å². The first kappa shape index (κ1) is 22.1. The summed E-state index contributed by atoms with van der Waals surface area (Å²) in [4.78, 5) is 15.2. The van der Waals surface area contributed by atoms with Crippen LogP contribution in [0.4, 0.5) is 0 Å². The summed E-state index contributed by atoms with van der Waals surface area (Å²) in [7, 11) is 1.70. The molecule has 0 atom stereocenters. The molecule has 0 amide bonds. The molecule has 1 aromatic carbocycles. The van der Waals surface area contributed by atoms with Crippen LogP contribution in [0.15, 0.2) is 21.3 Å². The number of nitriles is 1. The van der Waals surface area contributed by atoms with Gasteiger partial charge in [-0.2, -0.15) is 5.26 Å². The van der Waals surface area contributed by atoms with Gasteiger partial charge in [-0.15, -0.1) is 0 Å². The van der Waals surface area contributed by atoms with E-state index >= 15 is 0 Å². The number of aromatic nitrogens is 1. The van der Waals surface area contributed by atoms with Gasteiger partial charge in [0.25, 0.3) is 0 Å². The Morgan fingerprint density at radius 1 is 1.19 bits per heavy atom. The van der Waals surface area contributed by atoms with Gasteiger partial charge in [-0.1, -0.05) is 0 Å². The van der Waals surface area contributed by atoms with Crippen molar-refractivity contribution in [3.8, 4) is 6.07 Å². The number of likely N-dealkylation sites (tertiary alicyclic amines) is 1. The fourth-order valence-electron chi connectivity index (χ4n) is 5.31. The number of fused-ring (bicyclic) bond motifs is 1. The zero-order chi connectivity index (χ0) is 22.0. The molecule has 2 aliphatic rings. The van der Waals surface area contributed by atoms with Crippen LogP contribution in [0.25, 0.3) is 11.1 Å². The molecule has 2 aromatic rings. The number of benzene rings is 1. The molecule has 2 fully saturated rings. The number of nitrogens with zero attached hydrogens (tertiary/aromatic N) is 3. The highest BCUT2D eigenvalue weighted by molar-refractivity contribution is 5.76. The average molecular weight is 428 g/mol. The Kier molecular flexibility index (Phi) is 6.52. The molecular formula is C24H33N3O4. The Hall–Kier alpha value is -2.14. The maximum absolute atomic E-state index is 12.6. The minimum atomic E-state index is -0.317. The van der Waals surface area contributed by atoms with Crippen molar-refractivity contribution in [2.45, 2.75) is 70.1 Å². The van der Waals surface area contributed by atoms with Gasteiger partial charge in [0.2, 0.25) is 0 Å². The Morgan fingerprint density at radius 3 is 2.55 bits per heavy atom. The van der Waals surface area contributed by atoms with Gasteiger partial charge < -0.3 is 13.9 Å². The van der Waals surface area contributed by atoms with Gasteiger partial charge in [-0.05, 0) is 64.0 Å². The van der Waals surface area contributed by atoms with Gasteiger partial charge >= 0.3 is 5.76 Å². The first-order valence-electron chi connectivity index (χ1n) is 11.4. The SMILES string of the molecule is COCCOC1CCC(C)(N2CCC(n3c(=O)oc4cc(C#N)c(C)cc43)CC2)CC1. The highest BCUT2D eigenvalue weighted by Gasteiger charge is 2.38. The number of aryl methyl sites for hydroxylation is 1. The van der Waals surface area contributed by atoms with E-state index in [0.717, 1.165) is 62.7 Å². The average Bonchev–Trinajstić information content (AvgIpc) is 3.09. The van der Waals surface area contributed by atoms with Gasteiger partial charge in [-0.25, -0.2) is 4.79 Å². The van der Waals surface area contributed by atoms with Crippen LogP contribution in [0.5, 0.6) is 0 Å². The molecule has 1 aromatic heterocycles. The smallest absolute Gasteiger partial charge is 0.408 e. The third kappa shape index (κ3) is 4.43. The van der Waals surface area contributed by atoms with Crippen LogP contribution >= 0.6 is 0 Å². The molecule has 7 nitrogen and oxygen atoms in total. The monoisotopic (exact) mass is 427 g/mol. The minimum absolute atomic E-state index is 0.134. The summed E-state index contributed by atoms with van der Waals surface area (Å²) in [6.45, 7) is 7.56. The zero-order valence-corrected chi connectivity index (χ0v) is 18.9. The number of methoxy groups -OCH3 is 1. The quantitative estimate of drug-likeness (QED) is 0.653. The third-order valence-electron chi connectivity index (χ3n) is 7.32. The van der Waals surface area contributed by atoms with E-state index in [4.69, 9.17) is 13.9 Å². The Labute approximate surface area is 183 Å². The fraction of sp³-hybridized carbons (Fsp3) is 0.667. The van der Waals surface area contributed by atoms with E-state index in [2.05, 4.69) is 17.9 Å². The Bertz CT molecular complexity index is 1000. The number of hydrogen-bond donors (Lipinski definition) is 0. The minimum Gasteiger partial charge on any atom is -0.408 e. The molecule has 168 valence electrons. The van der Waals surface area contributed by atoms with Crippen molar-refractivity contribution >= 4 is 11.1 Å². The highest BCUT2D eigenvalue weighted by atomic mass is 16.5. The summed E-state index contributed by atoms with van der Waals surface area (Å²) in [5.41, 5.74) is 2.94. The van der Waals surface area contributed by atoms with Crippen molar-refractivity contribution in [3.63, 3.8) is 0 Å². The van der Waals surface area contributed by atoms with Gasteiger partial charge in [0, 0.05) is 37.8 Å². The van der Waals surface area contributed by atoms with Crippen molar-refractivity contribution in [1.82, 2.24) is 9.47 Å². The number of ether oxygens (including phenoxy) is 2. The summed E-state index contributed by atoms with van der Waals surface area (Å²) < 4.78 is 18.3. The molecule has 1 aliphatic carbocycles.